The highest BCUT2D eigenvalue weighted by atomic mass is 16.4. The molecule has 0 spiro atoms. The molecule has 86 valence electrons. The van der Waals surface area contributed by atoms with Crippen LogP contribution in [0.4, 0.5) is 0 Å². The number of carbonyl (C=O) groups is 1. The van der Waals surface area contributed by atoms with Crippen molar-refractivity contribution in [3.05, 3.63) is 53.8 Å². The number of rotatable bonds is 3. The Morgan fingerprint density at radius 2 is 2.24 bits per heavy atom. The summed E-state index contributed by atoms with van der Waals surface area (Å²) in [5.41, 5.74) is 3.04. The number of carboxylic acids is 1. The maximum Gasteiger partial charge on any atom is 0.337 e. The predicted octanol–water partition coefficient (Wildman–Crippen LogP) is 3.46. The van der Waals surface area contributed by atoms with E-state index >= 15 is 0 Å². The summed E-state index contributed by atoms with van der Waals surface area (Å²) in [4.78, 5) is 13.9. The third-order valence-corrected chi connectivity index (χ3v) is 2.50. The molecule has 0 atom stereocenters. The third-order valence-electron chi connectivity index (χ3n) is 2.50. The number of carboxylic acid groups (broad SMARTS) is 1. The molecule has 0 fully saturated rings. The van der Waals surface area contributed by atoms with Crippen LogP contribution >= 0.6 is 0 Å². The van der Waals surface area contributed by atoms with Crippen molar-refractivity contribution >= 4 is 22.9 Å². The predicted molar refractivity (Wildman–Crippen MR) is 69.1 cm³/mol. The average Bonchev–Trinajstić information content (AvgIpc) is 2.69. The Kier molecular flexibility index (Phi) is 2.83. The first-order chi connectivity index (χ1) is 8.08. The number of aromatic nitrogens is 1. The Hall–Kier alpha value is -2.29. The Morgan fingerprint density at radius 1 is 1.47 bits per heavy atom. The van der Waals surface area contributed by atoms with Gasteiger partial charge in [0.25, 0.3) is 0 Å². The van der Waals surface area contributed by atoms with Gasteiger partial charge in [-0.15, -0.1) is 0 Å². The lowest BCUT2D eigenvalue weighted by Crippen LogP contribution is -1.93. The van der Waals surface area contributed by atoms with Crippen molar-refractivity contribution in [1.29, 1.82) is 0 Å². The van der Waals surface area contributed by atoms with Gasteiger partial charge in [0.05, 0.1) is 5.56 Å². The summed E-state index contributed by atoms with van der Waals surface area (Å²) in [6.07, 6.45) is 5.33. The molecule has 0 aliphatic rings. The fraction of sp³-hybridized carbons (Fsp3) is 0.0714. The van der Waals surface area contributed by atoms with Crippen LogP contribution in [-0.4, -0.2) is 16.1 Å². The van der Waals surface area contributed by atoms with Crippen LogP contribution in [0.15, 0.2) is 42.6 Å². The lowest BCUT2D eigenvalue weighted by Gasteiger charge is -1.96. The monoisotopic (exact) mass is 227 g/mol. The number of aromatic amines is 1. The molecular formula is C14H13NO2. The normalized spacial score (nSPS) is 11.1. The van der Waals surface area contributed by atoms with Gasteiger partial charge in [-0.05, 0) is 24.6 Å². The van der Waals surface area contributed by atoms with Crippen molar-refractivity contribution in [3.63, 3.8) is 0 Å². The number of H-pyrrole nitrogens is 1. The first-order valence-electron chi connectivity index (χ1n) is 5.26. The van der Waals surface area contributed by atoms with Crippen molar-refractivity contribution in [2.45, 2.75) is 6.92 Å². The number of benzene rings is 1. The number of fused-ring (bicyclic) bond motifs is 1. The SMILES string of the molecule is C=C(C)/C=C/c1ccc2[nH]cc(C(=O)O)c2c1. The molecule has 2 rings (SSSR count). The first-order valence-corrected chi connectivity index (χ1v) is 5.26. The summed E-state index contributed by atoms with van der Waals surface area (Å²) in [6.45, 7) is 5.69. The van der Waals surface area contributed by atoms with Crippen LogP contribution < -0.4 is 0 Å². The average molecular weight is 227 g/mol. The number of aromatic carboxylic acids is 1. The molecule has 0 radical (unpaired) electrons. The van der Waals surface area contributed by atoms with Crippen molar-refractivity contribution in [2.75, 3.05) is 0 Å². The second kappa shape index (κ2) is 4.29. The molecule has 0 amide bonds. The molecule has 2 aromatic rings. The van der Waals surface area contributed by atoms with Crippen LogP contribution in [0.3, 0.4) is 0 Å². The molecule has 1 aromatic carbocycles. The molecule has 1 aromatic heterocycles. The molecule has 0 bridgehead atoms. The Bertz CT molecular complexity index is 620. The smallest absolute Gasteiger partial charge is 0.337 e. The fourth-order valence-electron chi connectivity index (χ4n) is 1.66. The van der Waals surface area contributed by atoms with Crippen molar-refractivity contribution < 1.29 is 9.90 Å². The largest absolute Gasteiger partial charge is 0.478 e. The summed E-state index contributed by atoms with van der Waals surface area (Å²) >= 11 is 0. The van der Waals surface area contributed by atoms with Crippen LogP contribution in [-0.2, 0) is 0 Å². The highest BCUT2D eigenvalue weighted by Crippen LogP contribution is 2.20. The van der Waals surface area contributed by atoms with E-state index in [1.54, 1.807) is 0 Å². The summed E-state index contributed by atoms with van der Waals surface area (Å²) in [5.74, 6) is -0.919. The summed E-state index contributed by atoms with van der Waals surface area (Å²) in [6, 6.07) is 5.67. The molecule has 0 saturated heterocycles. The van der Waals surface area contributed by atoms with Crippen molar-refractivity contribution in [2.24, 2.45) is 0 Å². The van der Waals surface area contributed by atoms with Crippen molar-refractivity contribution in [3.8, 4) is 0 Å². The minimum atomic E-state index is -0.919. The topological polar surface area (TPSA) is 53.1 Å². The molecule has 0 aliphatic heterocycles. The van der Waals surface area contributed by atoms with Crippen LogP contribution in [0, 0.1) is 0 Å². The second-order valence-electron chi connectivity index (χ2n) is 3.99. The Balaban J connectivity index is 2.51. The van der Waals surface area contributed by atoms with Gasteiger partial charge in [-0.3, -0.25) is 0 Å². The van der Waals surface area contributed by atoms with Gasteiger partial charge in [0.15, 0.2) is 0 Å². The van der Waals surface area contributed by atoms with Gasteiger partial charge in [0.2, 0.25) is 0 Å². The molecule has 0 saturated carbocycles. The molecule has 0 unspecified atom stereocenters. The van der Waals surface area contributed by atoms with Gasteiger partial charge in [0.1, 0.15) is 0 Å². The molecule has 3 heteroatoms. The fourth-order valence-corrected chi connectivity index (χ4v) is 1.66. The van der Waals surface area contributed by atoms with Crippen LogP contribution in [0.25, 0.3) is 17.0 Å². The van der Waals surface area contributed by atoms with E-state index in [1.165, 1.54) is 6.20 Å². The molecule has 0 aliphatic carbocycles. The molecule has 1 heterocycles. The van der Waals surface area contributed by atoms with Gasteiger partial charge < -0.3 is 10.1 Å². The van der Waals surface area contributed by atoms with Gasteiger partial charge in [-0.25, -0.2) is 4.79 Å². The van der Waals surface area contributed by atoms with Crippen LogP contribution in [0.5, 0.6) is 0 Å². The molecule has 3 nitrogen and oxygen atoms in total. The molecular weight excluding hydrogens is 214 g/mol. The summed E-state index contributed by atoms with van der Waals surface area (Å²) < 4.78 is 0. The maximum absolute atomic E-state index is 11.0. The lowest BCUT2D eigenvalue weighted by molar-refractivity contribution is 0.0699. The third kappa shape index (κ3) is 2.28. The van der Waals surface area contributed by atoms with E-state index in [9.17, 15) is 4.79 Å². The van der Waals surface area contributed by atoms with Gasteiger partial charge in [-0.1, -0.05) is 30.4 Å². The van der Waals surface area contributed by atoms with Gasteiger partial charge in [0, 0.05) is 17.1 Å². The van der Waals surface area contributed by atoms with E-state index in [1.807, 2.05) is 37.3 Å². The van der Waals surface area contributed by atoms with E-state index in [0.717, 1.165) is 22.0 Å². The molecule has 17 heavy (non-hydrogen) atoms. The Morgan fingerprint density at radius 3 is 2.88 bits per heavy atom. The second-order valence-corrected chi connectivity index (χ2v) is 3.99. The zero-order chi connectivity index (χ0) is 12.4. The zero-order valence-corrected chi connectivity index (χ0v) is 9.53. The highest BCUT2D eigenvalue weighted by Gasteiger charge is 2.09. The van der Waals surface area contributed by atoms with Crippen LogP contribution in [0.1, 0.15) is 22.8 Å². The van der Waals surface area contributed by atoms with E-state index in [-0.39, 0.29) is 0 Å². The van der Waals surface area contributed by atoms with E-state index in [0.29, 0.717) is 5.56 Å². The summed E-state index contributed by atoms with van der Waals surface area (Å²) in [7, 11) is 0. The first kappa shape index (κ1) is 11.2. The Labute approximate surface area is 99.1 Å². The maximum atomic E-state index is 11.0. The standard InChI is InChI=1S/C14H13NO2/c1-9(2)3-4-10-5-6-13-11(7-10)12(8-15-13)14(16)17/h3-8,15H,1H2,2H3,(H,16,17)/b4-3+. The van der Waals surface area contributed by atoms with E-state index < -0.39 is 5.97 Å². The van der Waals surface area contributed by atoms with Crippen molar-refractivity contribution in [1.82, 2.24) is 4.98 Å². The number of hydrogen-bond donors (Lipinski definition) is 2. The summed E-state index contributed by atoms with van der Waals surface area (Å²) in [5, 5.41) is 9.75. The van der Waals surface area contributed by atoms with Crippen LogP contribution in [0.2, 0.25) is 0 Å². The highest BCUT2D eigenvalue weighted by molar-refractivity contribution is 6.03. The number of allylic oxidation sites excluding steroid dienone is 2. The van der Waals surface area contributed by atoms with Gasteiger partial charge in [-0.2, -0.15) is 0 Å². The number of hydrogen-bond acceptors (Lipinski definition) is 1. The van der Waals surface area contributed by atoms with E-state index in [2.05, 4.69) is 11.6 Å². The number of nitrogens with one attached hydrogen (secondary N) is 1. The lowest BCUT2D eigenvalue weighted by atomic mass is 10.1. The quantitative estimate of drug-likeness (QED) is 0.789. The minimum absolute atomic E-state index is 0.297. The minimum Gasteiger partial charge on any atom is -0.478 e. The van der Waals surface area contributed by atoms with E-state index in [4.69, 9.17) is 5.11 Å². The zero-order valence-electron chi connectivity index (χ0n) is 9.53. The molecule has 2 N–H and O–H groups in total. The van der Waals surface area contributed by atoms with Gasteiger partial charge >= 0.3 is 5.97 Å².